The van der Waals surface area contributed by atoms with Crippen molar-refractivity contribution in [3.63, 3.8) is 0 Å². The number of esters is 1. The van der Waals surface area contributed by atoms with E-state index in [1.54, 1.807) is 20.8 Å². The Bertz CT molecular complexity index is 602. The van der Waals surface area contributed by atoms with Gasteiger partial charge in [0.25, 0.3) is 0 Å². The van der Waals surface area contributed by atoms with Gasteiger partial charge >= 0.3 is 17.9 Å². The summed E-state index contributed by atoms with van der Waals surface area (Å²) in [5.41, 5.74) is 0.292. The summed E-state index contributed by atoms with van der Waals surface area (Å²) in [5.74, 6) is -3.81. The molecule has 0 spiro atoms. The first-order chi connectivity index (χ1) is 12.1. The van der Waals surface area contributed by atoms with Crippen molar-refractivity contribution in [1.29, 1.82) is 0 Å². The lowest BCUT2D eigenvalue weighted by Gasteiger charge is -2.20. The lowest BCUT2D eigenvalue weighted by atomic mass is 9.89. The van der Waals surface area contributed by atoms with Gasteiger partial charge in [0.1, 0.15) is 5.60 Å². The first kappa shape index (κ1) is 21.7. The molecule has 0 saturated heterocycles. The summed E-state index contributed by atoms with van der Waals surface area (Å²) in [6.07, 6.45) is 0.957. The molecule has 6 nitrogen and oxygen atoms in total. The minimum absolute atomic E-state index is 0.00462. The van der Waals surface area contributed by atoms with Crippen LogP contribution in [0.15, 0.2) is 30.3 Å². The summed E-state index contributed by atoms with van der Waals surface area (Å²) in [7, 11) is 0. The van der Waals surface area contributed by atoms with E-state index in [0.717, 1.165) is 5.56 Å². The predicted molar refractivity (Wildman–Crippen MR) is 96.7 cm³/mol. The first-order valence-electron chi connectivity index (χ1n) is 8.80. The molecule has 0 fully saturated rings. The lowest BCUT2D eigenvalue weighted by Crippen LogP contribution is -2.25. The van der Waals surface area contributed by atoms with E-state index in [2.05, 4.69) is 0 Å². The molecule has 2 unspecified atom stereocenters. The fraction of sp³-hybridized carbons (Fsp3) is 0.550. The molecule has 26 heavy (non-hydrogen) atoms. The summed E-state index contributed by atoms with van der Waals surface area (Å²) < 4.78 is 5.18. The molecule has 1 aromatic rings. The zero-order valence-corrected chi connectivity index (χ0v) is 15.6. The van der Waals surface area contributed by atoms with Crippen molar-refractivity contribution >= 4 is 17.9 Å². The number of ether oxygens (including phenoxy) is 1. The van der Waals surface area contributed by atoms with Crippen LogP contribution in [0.5, 0.6) is 0 Å². The maximum Gasteiger partial charge on any atom is 0.306 e. The monoisotopic (exact) mass is 364 g/mol. The summed E-state index contributed by atoms with van der Waals surface area (Å²) in [4.78, 5) is 34.7. The predicted octanol–water partition coefficient (Wildman–Crippen LogP) is 3.53. The number of carboxylic acid groups (broad SMARTS) is 2. The van der Waals surface area contributed by atoms with Crippen LogP contribution >= 0.6 is 0 Å². The minimum Gasteiger partial charge on any atom is -0.481 e. The number of hydrogen-bond donors (Lipinski definition) is 2. The molecule has 0 bridgehead atoms. The first-order valence-corrected chi connectivity index (χ1v) is 8.80. The van der Waals surface area contributed by atoms with Crippen LogP contribution in [0, 0.1) is 11.8 Å². The molecular formula is C20H28O6. The van der Waals surface area contributed by atoms with Crippen molar-refractivity contribution in [2.45, 2.75) is 58.5 Å². The largest absolute Gasteiger partial charge is 0.481 e. The number of aliphatic carboxylic acids is 2. The zero-order valence-electron chi connectivity index (χ0n) is 15.6. The Kier molecular flexibility index (Phi) is 8.29. The highest BCUT2D eigenvalue weighted by molar-refractivity contribution is 5.74. The summed E-state index contributed by atoms with van der Waals surface area (Å²) in [5, 5.41) is 18.8. The van der Waals surface area contributed by atoms with Gasteiger partial charge in [0.05, 0.1) is 11.8 Å². The third-order valence-electron chi connectivity index (χ3n) is 4.00. The van der Waals surface area contributed by atoms with E-state index in [9.17, 15) is 24.6 Å². The maximum absolute atomic E-state index is 11.8. The molecule has 0 aliphatic rings. The molecule has 0 amide bonds. The highest BCUT2D eigenvalue weighted by Gasteiger charge is 2.25. The van der Waals surface area contributed by atoms with Gasteiger partial charge in [-0.3, -0.25) is 14.4 Å². The Morgan fingerprint density at radius 2 is 1.46 bits per heavy atom. The van der Waals surface area contributed by atoms with E-state index >= 15 is 0 Å². The Labute approximate surface area is 154 Å². The molecule has 2 atom stereocenters. The van der Waals surface area contributed by atoms with Crippen LogP contribution in [-0.4, -0.2) is 33.7 Å². The van der Waals surface area contributed by atoms with Gasteiger partial charge in [-0.2, -0.15) is 0 Å². The minimum atomic E-state index is -1.02. The van der Waals surface area contributed by atoms with Gasteiger partial charge in [0.2, 0.25) is 0 Å². The molecule has 6 heteroatoms. The number of hydrogen-bond acceptors (Lipinski definition) is 4. The molecule has 0 aromatic heterocycles. The van der Waals surface area contributed by atoms with E-state index in [1.807, 2.05) is 30.3 Å². The second-order valence-corrected chi connectivity index (χ2v) is 7.46. The van der Waals surface area contributed by atoms with Crippen LogP contribution in [0.25, 0.3) is 0 Å². The van der Waals surface area contributed by atoms with Crippen LogP contribution in [0.1, 0.15) is 52.0 Å². The van der Waals surface area contributed by atoms with E-state index in [4.69, 9.17) is 4.74 Å². The molecule has 0 aliphatic heterocycles. The van der Waals surface area contributed by atoms with Crippen LogP contribution < -0.4 is 0 Å². The van der Waals surface area contributed by atoms with E-state index < -0.39 is 35.3 Å². The molecule has 2 N–H and O–H groups in total. The Hall–Kier alpha value is -2.37. The second kappa shape index (κ2) is 9.94. The van der Waals surface area contributed by atoms with Crippen molar-refractivity contribution in [2.24, 2.45) is 11.8 Å². The topological polar surface area (TPSA) is 101 Å². The van der Waals surface area contributed by atoms with E-state index in [1.165, 1.54) is 0 Å². The Morgan fingerprint density at radius 1 is 0.923 bits per heavy atom. The average molecular weight is 364 g/mol. The number of carbonyl (C=O) groups is 3. The van der Waals surface area contributed by atoms with Gasteiger partial charge in [-0.15, -0.1) is 0 Å². The fourth-order valence-electron chi connectivity index (χ4n) is 2.69. The molecule has 1 rings (SSSR count). The Morgan fingerprint density at radius 3 is 1.96 bits per heavy atom. The normalized spacial score (nSPS) is 13.7. The highest BCUT2D eigenvalue weighted by Crippen LogP contribution is 2.22. The van der Waals surface area contributed by atoms with Crippen LogP contribution in [0.3, 0.4) is 0 Å². The fourth-order valence-corrected chi connectivity index (χ4v) is 2.69. The highest BCUT2D eigenvalue weighted by atomic mass is 16.6. The van der Waals surface area contributed by atoms with E-state index in [-0.39, 0.29) is 25.7 Å². The van der Waals surface area contributed by atoms with Gasteiger partial charge in [0.15, 0.2) is 0 Å². The van der Waals surface area contributed by atoms with Gasteiger partial charge in [-0.05, 0) is 52.0 Å². The van der Waals surface area contributed by atoms with Crippen molar-refractivity contribution in [1.82, 2.24) is 0 Å². The van der Waals surface area contributed by atoms with E-state index in [0.29, 0.717) is 6.42 Å². The van der Waals surface area contributed by atoms with Crippen molar-refractivity contribution in [3.05, 3.63) is 35.9 Å². The number of rotatable bonds is 10. The quantitative estimate of drug-likeness (QED) is 0.616. The molecule has 0 aliphatic carbocycles. The van der Waals surface area contributed by atoms with Crippen molar-refractivity contribution < 1.29 is 29.3 Å². The zero-order chi connectivity index (χ0) is 19.7. The van der Waals surface area contributed by atoms with Gasteiger partial charge < -0.3 is 14.9 Å². The molecule has 0 radical (unpaired) electrons. The van der Waals surface area contributed by atoms with Crippen molar-refractivity contribution in [3.8, 4) is 0 Å². The third-order valence-corrected chi connectivity index (χ3v) is 4.00. The average Bonchev–Trinajstić information content (AvgIpc) is 2.52. The molecular weight excluding hydrogens is 336 g/mol. The van der Waals surface area contributed by atoms with Gasteiger partial charge in [-0.1, -0.05) is 30.3 Å². The standard InChI is InChI=1S/C20H28O6/c1-20(2,3)26-17(21)12-11-15(18(22)23)9-10-16(19(24)25)13-14-7-5-4-6-8-14/h4-8,15-16H,9-13H2,1-3H3,(H,22,23)(H,24,25). The van der Waals surface area contributed by atoms with Crippen LogP contribution in [0.2, 0.25) is 0 Å². The Balaban J connectivity index is 2.58. The van der Waals surface area contributed by atoms with Crippen LogP contribution in [0.4, 0.5) is 0 Å². The SMILES string of the molecule is CC(C)(C)OC(=O)CCC(CCC(Cc1ccccc1)C(=O)O)C(=O)O. The second-order valence-electron chi connectivity index (χ2n) is 7.46. The summed E-state index contributed by atoms with van der Waals surface area (Å²) in [6.45, 7) is 5.25. The maximum atomic E-state index is 11.8. The molecule has 0 saturated carbocycles. The van der Waals surface area contributed by atoms with Gasteiger partial charge in [-0.25, -0.2) is 0 Å². The number of benzene rings is 1. The van der Waals surface area contributed by atoms with Gasteiger partial charge in [0, 0.05) is 6.42 Å². The summed E-state index contributed by atoms with van der Waals surface area (Å²) >= 11 is 0. The number of carboxylic acids is 2. The third kappa shape index (κ3) is 8.65. The molecule has 1 aromatic carbocycles. The summed E-state index contributed by atoms with van der Waals surface area (Å²) in [6, 6.07) is 9.25. The molecule has 144 valence electrons. The lowest BCUT2D eigenvalue weighted by molar-refractivity contribution is -0.155. The smallest absolute Gasteiger partial charge is 0.306 e. The van der Waals surface area contributed by atoms with Crippen LogP contribution in [-0.2, 0) is 25.5 Å². The molecule has 0 heterocycles. The van der Waals surface area contributed by atoms with Crippen molar-refractivity contribution in [2.75, 3.05) is 0 Å². The number of carbonyl (C=O) groups excluding carboxylic acids is 1.